The van der Waals surface area contributed by atoms with E-state index in [9.17, 15) is 9.59 Å². The third-order valence-electron chi connectivity index (χ3n) is 3.24. The van der Waals surface area contributed by atoms with Crippen LogP contribution >= 0.6 is 12.4 Å². The molecule has 1 aliphatic rings. The molecule has 112 valence electrons. The van der Waals surface area contributed by atoms with Gasteiger partial charge < -0.3 is 16.0 Å². The Morgan fingerprint density at radius 2 is 2.16 bits per heavy atom. The van der Waals surface area contributed by atoms with Gasteiger partial charge in [0, 0.05) is 25.6 Å². The third kappa shape index (κ3) is 5.78. The zero-order chi connectivity index (χ0) is 13.5. The summed E-state index contributed by atoms with van der Waals surface area (Å²) in [5.74, 6) is 0.0694. The third-order valence-corrected chi connectivity index (χ3v) is 3.24. The predicted molar refractivity (Wildman–Crippen MR) is 78.2 cm³/mol. The predicted octanol–water partition coefficient (Wildman–Crippen LogP) is 1.05. The first kappa shape index (κ1) is 18.2. The van der Waals surface area contributed by atoms with Gasteiger partial charge in [0.25, 0.3) is 0 Å². The van der Waals surface area contributed by atoms with Crippen LogP contribution in [0.25, 0.3) is 0 Å². The van der Waals surface area contributed by atoms with Crippen LogP contribution in [0.15, 0.2) is 0 Å². The maximum absolute atomic E-state index is 12.0. The number of nitrogens with two attached hydrogens (primary N) is 1. The van der Waals surface area contributed by atoms with E-state index >= 15 is 0 Å². The highest BCUT2D eigenvalue weighted by Gasteiger charge is 2.33. The molecule has 3 N–H and O–H groups in total. The van der Waals surface area contributed by atoms with Crippen molar-refractivity contribution in [2.24, 2.45) is 5.73 Å². The minimum Gasteiger partial charge on any atom is -0.354 e. The maximum atomic E-state index is 12.0. The highest BCUT2D eigenvalue weighted by molar-refractivity contribution is 5.88. The Kier molecular flexibility index (Phi) is 8.76. The van der Waals surface area contributed by atoms with Gasteiger partial charge >= 0.3 is 0 Å². The number of amides is 2. The van der Waals surface area contributed by atoms with E-state index in [4.69, 9.17) is 5.73 Å². The SMILES string of the molecule is CCCC(=O)N1CCCC1C(=O)NCCC(C)N.Cl. The lowest BCUT2D eigenvalue weighted by atomic mass is 10.2. The number of halogens is 1. The number of carbonyl (C=O) groups excluding carboxylic acids is 2. The van der Waals surface area contributed by atoms with E-state index in [1.807, 2.05) is 13.8 Å². The average molecular weight is 292 g/mol. The molecule has 0 aromatic carbocycles. The standard InChI is InChI=1S/C13H25N3O2.ClH/c1-3-5-12(17)16-9-4-6-11(16)13(18)15-8-7-10(2)14;/h10-11H,3-9,14H2,1-2H3,(H,15,18);1H. The number of hydrogen-bond acceptors (Lipinski definition) is 3. The molecule has 0 radical (unpaired) electrons. The number of nitrogens with zero attached hydrogens (tertiary/aromatic N) is 1. The van der Waals surface area contributed by atoms with Crippen molar-refractivity contribution >= 4 is 24.2 Å². The first-order valence-corrected chi connectivity index (χ1v) is 6.89. The van der Waals surface area contributed by atoms with E-state index in [1.165, 1.54) is 0 Å². The van der Waals surface area contributed by atoms with Gasteiger partial charge in [0.15, 0.2) is 0 Å². The van der Waals surface area contributed by atoms with Crippen LogP contribution in [0.5, 0.6) is 0 Å². The van der Waals surface area contributed by atoms with Gasteiger partial charge in [-0.25, -0.2) is 0 Å². The summed E-state index contributed by atoms with van der Waals surface area (Å²) in [6.07, 6.45) is 3.82. The Hall–Kier alpha value is -0.810. The molecular weight excluding hydrogens is 266 g/mol. The summed E-state index contributed by atoms with van der Waals surface area (Å²) in [5.41, 5.74) is 5.63. The number of rotatable bonds is 6. The zero-order valence-electron chi connectivity index (χ0n) is 11.9. The molecule has 1 aliphatic heterocycles. The summed E-state index contributed by atoms with van der Waals surface area (Å²) in [6.45, 7) is 5.19. The van der Waals surface area contributed by atoms with Gasteiger partial charge in [0.2, 0.25) is 11.8 Å². The molecule has 0 bridgehead atoms. The molecule has 5 nitrogen and oxygen atoms in total. The minimum atomic E-state index is -0.267. The van der Waals surface area contributed by atoms with Crippen LogP contribution in [0.1, 0.15) is 46.0 Å². The maximum Gasteiger partial charge on any atom is 0.242 e. The monoisotopic (exact) mass is 291 g/mol. The molecule has 19 heavy (non-hydrogen) atoms. The van der Waals surface area contributed by atoms with E-state index < -0.39 is 0 Å². The van der Waals surface area contributed by atoms with Crippen molar-refractivity contribution in [1.29, 1.82) is 0 Å². The summed E-state index contributed by atoms with van der Waals surface area (Å²) >= 11 is 0. The summed E-state index contributed by atoms with van der Waals surface area (Å²) in [5, 5.41) is 2.87. The smallest absolute Gasteiger partial charge is 0.242 e. The Morgan fingerprint density at radius 3 is 2.74 bits per heavy atom. The van der Waals surface area contributed by atoms with Gasteiger partial charge in [-0.2, -0.15) is 0 Å². The van der Waals surface area contributed by atoms with Crippen molar-refractivity contribution in [3.8, 4) is 0 Å². The van der Waals surface area contributed by atoms with Crippen molar-refractivity contribution in [2.45, 2.75) is 58.0 Å². The fourth-order valence-corrected chi connectivity index (χ4v) is 2.24. The van der Waals surface area contributed by atoms with Crippen LogP contribution in [-0.2, 0) is 9.59 Å². The average Bonchev–Trinajstić information content (AvgIpc) is 2.77. The van der Waals surface area contributed by atoms with Crippen molar-refractivity contribution in [2.75, 3.05) is 13.1 Å². The number of carbonyl (C=O) groups is 2. The van der Waals surface area contributed by atoms with Gasteiger partial charge in [-0.15, -0.1) is 12.4 Å². The van der Waals surface area contributed by atoms with Gasteiger partial charge in [-0.1, -0.05) is 6.92 Å². The summed E-state index contributed by atoms with van der Waals surface area (Å²) in [6, 6.07) is -0.177. The summed E-state index contributed by atoms with van der Waals surface area (Å²) < 4.78 is 0. The first-order valence-electron chi connectivity index (χ1n) is 6.89. The first-order chi connectivity index (χ1) is 8.56. The van der Waals surface area contributed by atoms with Crippen LogP contribution in [0, 0.1) is 0 Å². The molecule has 2 unspecified atom stereocenters. The van der Waals surface area contributed by atoms with Crippen LogP contribution in [-0.4, -0.2) is 41.9 Å². The van der Waals surface area contributed by atoms with Crippen LogP contribution < -0.4 is 11.1 Å². The molecule has 0 spiro atoms. The molecule has 1 rings (SSSR count). The van der Waals surface area contributed by atoms with E-state index in [0.29, 0.717) is 19.5 Å². The van der Waals surface area contributed by atoms with Crippen LogP contribution in [0.3, 0.4) is 0 Å². The minimum absolute atomic E-state index is 0. The molecule has 0 aromatic rings. The van der Waals surface area contributed by atoms with Gasteiger partial charge in [-0.3, -0.25) is 9.59 Å². The second-order valence-electron chi connectivity index (χ2n) is 5.05. The largest absolute Gasteiger partial charge is 0.354 e. The highest BCUT2D eigenvalue weighted by atomic mass is 35.5. The number of likely N-dealkylation sites (tertiary alicyclic amines) is 1. The van der Waals surface area contributed by atoms with Crippen LogP contribution in [0.4, 0.5) is 0 Å². The van der Waals surface area contributed by atoms with Gasteiger partial charge in [-0.05, 0) is 32.6 Å². The van der Waals surface area contributed by atoms with Crippen molar-refractivity contribution in [1.82, 2.24) is 10.2 Å². The Morgan fingerprint density at radius 1 is 1.47 bits per heavy atom. The molecule has 0 aliphatic carbocycles. The lowest BCUT2D eigenvalue weighted by Crippen LogP contribution is -2.46. The Labute approximate surface area is 121 Å². The molecule has 1 saturated heterocycles. The number of hydrogen-bond donors (Lipinski definition) is 2. The van der Waals surface area contributed by atoms with Crippen molar-refractivity contribution < 1.29 is 9.59 Å². The molecule has 0 saturated carbocycles. The normalized spacial score (nSPS) is 19.7. The van der Waals surface area contributed by atoms with Crippen molar-refractivity contribution in [3.63, 3.8) is 0 Å². The zero-order valence-corrected chi connectivity index (χ0v) is 12.7. The van der Waals surface area contributed by atoms with E-state index in [0.717, 1.165) is 25.7 Å². The van der Waals surface area contributed by atoms with E-state index in [2.05, 4.69) is 5.32 Å². The molecule has 2 atom stereocenters. The number of nitrogens with one attached hydrogen (secondary N) is 1. The van der Waals surface area contributed by atoms with Gasteiger partial charge in [0.05, 0.1) is 0 Å². The summed E-state index contributed by atoms with van der Waals surface area (Å²) in [4.78, 5) is 25.6. The topological polar surface area (TPSA) is 75.4 Å². The Bertz CT molecular complexity index is 298. The molecule has 6 heteroatoms. The van der Waals surface area contributed by atoms with E-state index in [1.54, 1.807) is 4.90 Å². The lowest BCUT2D eigenvalue weighted by molar-refractivity contribution is -0.138. The molecule has 2 amide bonds. The molecule has 1 heterocycles. The van der Waals surface area contributed by atoms with Crippen molar-refractivity contribution in [3.05, 3.63) is 0 Å². The quantitative estimate of drug-likeness (QED) is 0.768. The van der Waals surface area contributed by atoms with Gasteiger partial charge in [0.1, 0.15) is 6.04 Å². The lowest BCUT2D eigenvalue weighted by Gasteiger charge is -2.24. The fourth-order valence-electron chi connectivity index (χ4n) is 2.24. The summed E-state index contributed by atoms with van der Waals surface area (Å²) in [7, 11) is 0. The second kappa shape index (κ2) is 9.15. The second-order valence-corrected chi connectivity index (χ2v) is 5.05. The van der Waals surface area contributed by atoms with E-state index in [-0.39, 0.29) is 36.3 Å². The Balaban J connectivity index is 0.00000324. The fraction of sp³-hybridized carbons (Fsp3) is 0.846. The molecular formula is C13H26ClN3O2. The van der Waals surface area contributed by atoms with Crippen LogP contribution in [0.2, 0.25) is 0 Å². The molecule has 1 fully saturated rings. The molecule has 0 aromatic heterocycles. The highest BCUT2D eigenvalue weighted by Crippen LogP contribution is 2.18.